The summed E-state index contributed by atoms with van der Waals surface area (Å²) >= 11 is 0. The summed E-state index contributed by atoms with van der Waals surface area (Å²) in [7, 11) is 0. The predicted molar refractivity (Wildman–Crippen MR) is 55.7 cm³/mol. The van der Waals surface area contributed by atoms with Crippen molar-refractivity contribution in [3.05, 3.63) is 43.8 Å². The molecule has 3 unspecified atom stereocenters. The number of rotatable bonds is 2. The maximum absolute atomic E-state index is 11.7. The second kappa shape index (κ2) is 3.66. The van der Waals surface area contributed by atoms with E-state index in [4.69, 9.17) is 4.74 Å². The molecule has 0 aromatic rings. The molecule has 77 valence electrons. The van der Waals surface area contributed by atoms with E-state index in [1.165, 1.54) is 6.42 Å². The summed E-state index contributed by atoms with van der Waals surface area (Å²) in [6, 6.07) is 0. The SMILES string of the molecule is O=C(OC1CC2C=CC1C2)[C]1[CH][CH][CH][CH]1. The monoisotopic (exact) mass is 201 g/mol. The van der Waals surface area contributed by atoms with E-state index in [1.807, 2.05) is 12.8 Å². The summed E-state index contributed by atoms with van der Waals surface area (Å²) in [4.78, 5) is 11.7. The molecule has 0 saturated heterocycles. The largest absolute Gasteiger partial charge is 0.461 e. The molecule has 2 bridgehead atoms. The lowest BCUT2D eigenvalue weighted by Gasteiger charge is -2.20. The highest BCUT2D eigenvalue weighted by molar-refractivity contribution is 5.91. The molecule has 5 radical (unpaired) electrons. The van der Waals surface area contributed by atoms with Crippen LogP contribution in [0.4, 0.5) is 0 Å². The van der Waals surface area contributed by atoms with Crippen LogP contribution in [0.3, 0.4) is 0 Å². The van der Waals surface area contributed by atoms with Gasteiger partial charge in [0.25, 0.3) is 0 Å². The van der Waals surface area contributed by atoms with E-state index in [0.29, 0.717) is 17.8 Å². The van der Waals surface area contributed by atoms with E-state index < -0.39 is 0 Å². The number of allylic oxidation sites excluding steroid dienone is 1. The van der Waals surface area contributed by atoms with Crippen LogP contribution in [0, 0.1) is 43.4 Å². The zero-order chi connectivity index (χ0) is 10.3. The minimum atomic E-state index is -0.175. The van der Waals surface area contributed by atoms with Crippen LogP contribution in [0.5, 0.6) is 0 Å². The van der Waals surface area contributed by atoms with Gasteiger partial charge in [0.1, 0.15) is 6.10 Å². The molecule has 2 nitrogen and oxygen atoms in total. The van der Waals surface area contributed by atoms with Crippen LogP contribution in [0.15, 0.2) is 12.2 Å². The number of carbonyl (C=O) groups excluding carboxylic acids is 1. The second-order valence-electron chi connectivity index (χ2n) is 4.40. The number of ether oxygens (including phenoxy) is 1. The molecule has 2 fully saturated rings. The third kappa shape index (κ3) is 1.70. The lowest BCUT2D eigenvalue weighted by atomic mass is 10.0. The molecule has 0 aromatic carbocycles. The van der Waals surface area contributed by atoms with Gasteiger partial charge < -0.3 is 4.74 Å². The number of hydrogen-bond acceptors (Lipinski definition) is 2. The minimum absolute atomic E-state index is 0.113. The number of hydrogen-bond donors (Lipinski definition) is 0. The standard InChI is InChI=1S/C13H13O2/c14-13(10-3-1-2-4-10)15-12-8-9-5-6-11(12)7-9/h1-6,9,11-12H,7-8H2. The van der Waals surface area contributed by atoms with Gasteiger partial charge in [0.05, 0.1) is 5.92 Å². The fourth-order valence-corrected chi connectivity index (χ4v) is 2.58. The maximum atomic E-state index is 11.7. The molecule has 3 aliphatic rings. The van der Waals surface area contributed by atoms with Crippen molar-refractivity contribution in [1.82, 2.24) is 0 Å². The van der Waals surface area contributed by atoms with Crippen molar-refractivity contribution >= 4 is 5.97 Å². The van der Waals surface area contributed by atoms with Crippen LogP contribution in [-0.4, -0.2) is 12.1 Å². The van der Waals surface area contributed by atoms with E-state index in [0.717, 1.165) is 6.42 Å². The molecule has 15 heavy (non-hydrogen) atoms. The van der Waals surface area contributed by atoms with Gasteiger partial charge in [-0.05, 0) is 44.4 Å². The van der Waals surface area contributed by atoms with Crippen molar-refractivity contribution in [2.24, 2.45) is 11.8 Å². The number of carbonyl (C=O) groups is 1. The summed E-state index contributed by atoms with van der Waals surface area (Å²) in [6.07, 6.45) is 14.0. The molecule has 0 spiro atoms. The van der Waals surface area contributed by atoms with Crippen LogP contribution < -0.4 is 0 Å². The van der Waals surface area contributed by atoms with Gasteiger partial charge in [-0.15, -0.1) is 0 Å². The Labute approximate surface area is 90.7 Å². The first-order chi connectivity index (χ1) is 7.33. The molecule has 2 saturated carbocycles. The van der Waals surface area contributed by atoms with Gasteiger partial charge >= 0.3 is 5.97 Å². The van der Waals surface area contributed by atoms with Crippen molar-refractivity contribution < 1.29 is 9.53 Å². The summed E-state index contributed by atoms with van der Waals surface area (Å²) < 4.78 is 5.50. The Hall–Kier alpha value is -0.790. The molecule has 0 amide bonds. The van der Waals surface area contributed by atoms with Crippen molar-refractivity contribution in [1.29, 1.82) is 0 Å². The highest BCUT2D eigenvalue weighted by atomic mass is 16.5. The first-order valence-electron chi connectivity index (χ1n) is 5.44. The highest BCUT2D eigenvalue weighted by Crippen LogP contribution is 2.41. The third-order valence-electron chi connectivity index (χ3n) is 3.37. The summed E-state index contributed by atoms with van der Waals surface area (Å²) in [5.41, 5.74) is 0. The van der Waals surface area contributed by atoms with Crippen molar-refractivity contribution in [3.8, 4) is 0 Å². The van der Waals surface area contributed by atoms with E-state index in [2.05, 4.69) is 12.2 Å². The lowest BCUT2D eigenvalue weighted by molar-refractivity contribution is -0.146. The predicted octanol–water partition coefficient (Wildman–Crippen LogP) is 1.90. The van der Waals surface area contributed by atoms with Gasteiger partial charge in [-0.2, -0.15) is 0 Å². The Balaban J connectivity index is 1.57. The van der Waals surface area contributed by atoms with E-state index in [9.17, 15) is 4.79 Å². The topological polar surface area (TPSA) is 26.3 Å². The minimum Gasteiger partial charge on any atom is -0.461 e. The van der Waals surface area contributed by atoms with Gasteiger partial charge in [-0.1, -0.05) is 12.2 Å². The quantitative estimate of drug-likeness (QED) is 0.504. The van der Waals surface area contributed by atoms with Gasteiger partial charge in [-0.25, -0.2) is 0 Å². The molecule has 3 aliphatic carbocycles. The van der Waals surface area contributed by atoms with Crippen LogP contribution in [0.2, 0.25) is 0 Å². The molecule has 0 aliphatic heterocycles. The highest BCUT2D eigenvalue weighted by Gasteiger charge is 2.39. The Morgan fingerprint density at radius 3 is 2.60 bits per heavy atom. The van der Waals surface area contributed by atoms with Crippen LogP contribution in [0.25, 0.3) is 0 Å². The normalized spacial score (nSPS) is 38.8. The zero-order valence-electron chi connectivity index (χ0n) is 8.43. The van der Waals surface area contributed by atoms with Crippen molar-refractivity contribution in [2.75, 3.05) is 0 Å². The average molecular weight is 201 g/mol. The van der Waals surface area contributed by atoms with Crippen LogP contribution >= 0.6 is 0 Å². The van der Waals surface area contributed by atoms with Gasteiger partial charge in [-0.3, -0.25) is 4.79 Å². The van der Waals surface area contributed by atoms with Crippen LogP contribution in [-0.2, 0) is 9.53 Å². The second-order valence-corrected chi connectivity index (χ2v) is 4.40. The molecule has 2 heteroatoms. The summed E-state index contributed by atoms with van der Waals surface area (Å²) in [6.45, 7) is 0. The summed E-state index contributed by atoms with van der Waals surface area (Å²) in [5, 5.41) is 0. The maximum Gasteiger partial charge on any atom is 0.314 e. The lowest BCUT2D eigenvalue weighted by Crippen LogP contribution is -2.25. The number of fused-ring (bicyclic) bond motifs is 2. The number of esters is 1. The molecular formula is C13H13O2. The first kappa shape index (κ1) is 9.44. The Morgan fingerprint density at radius 2 is 2.00 bits per heavy atom. The zero-order valence-corrected chi connectivity index (χ0v) is 8.43. The first-order valence-corrected chi connectivity index (χ1v) is 5.44. The van der Waals surface area contributed by atoms with E-state index >= 15 is 0 Å². The Morgan fingerprint density at radius 1 is 1.20 bits per heavy atom. The molecule has 0 heterocycles. The Bertz CT molecular complexity index is 289. The summed E-state index contributed by atoms with van der Waals surface area (Å²) in [5.74, 6) is 1.61. The Kier molecular flexibility index (Phi) is 2.30. The fourth-order valence-electron chi connectivity index (χ4n) is 2.58. The van der Waals surface area contributed by atoms with Gasteiger partial charge in [0, 0.05) is 5.92 Å². The van der Waals surface area contributed by atoms with E-state index in [1.54, 1.807) is 12.8 Å². The molecular weight excluding hydrogens is 188 g/mol. The molecule has 3 atom stereocenters. The van der Waals surface area contributed by atoms with Gasteiger partial charge in [0.15, 0.2) is 0 Å². The smallest absolute Gasteiger partial charge is 0.314 e. The molecule has 0 aromatic heterocycles. The third-order valence-corrected chi connectivity index (χ3v) is 3.37. The molecule has 0 N–H and O–H groups in total. The fraction of sp³-hybridized carbons (Fsp3) is 0.385. The average Bonchev–Trinajstić information content (AvgIpc) is 2.95. The van der Waals surface area contributed by atoms with Gasteiger partial charge in [0.2, 0.25) is 0 Å². The molecule has 3 rings (SSSR count). The van der Waals surface area contributed by atoms with Crippen molar-refractivity contribution in [2.45, 2.75) is 18.9 Å². The van der Waals surface area contributed by atoms with E-state index in [-0.39, 0.29) is 12.1 Å². The van der Waals surface area contributed by atoms with Crippen molar-refractivity contribution in [3.63, 3.8) is 0 Å². The van der Waals surface area contributed by atoms with Crippen LogP contribution in [0.1, 0.15) is 12.8 Å².